The number of hydrogen-bond acceptors (Lipinski definition) is 3. The molecular formula is C32H20N4OPd. The van der Waals surface area contributed by atoms with E-state index in [-0.39, 0.29) is 20.4 Å². The molecule has 0 saturated heterocycles. The Morgan fingerprint density at radius 1 is 0.711 bits per heavy atom. The molecule has 5 nitrogen and oxygen atoms in total. The number of aromatic nitrogens is 3. The van der Waals surface area contributed by atoms with Gasteiger partial charge in [-0.05, 0) is 35.0 Å². The Labute approximate surface area is 233 Å². The molecule has 0 amide bonds. The van der Waals surface area contributed by atoms with Crippen molar-refractivity contribution in [1.82, 2.24) is 14.5 Å². The van der Waals surface area contributed by atoms with Gasteiger partial charge < -0.3 is 14.6 Å². The van der Waals surface area contributed by atoms with E-state index in [1.165, 1.54) is 0 Å². The summed E-state index contributed by atoms with van der Waals surface area (Å²) in [4.78, 5) is 9.41. The van der Waals surface area contributed by atoms with E-state index in [2.05, 4.69) is 33.8 Å². The Bertz CT molecular complexity index is 1890. The zero-order valence-electron chi connectivity index (χ0n) is 20.1. The summed E-state index contributed by atoms with van der Waals surface area (Å²) in [5.41, 5.74) is 4.43. The van der Waals surface area contributed by atoms with E-state index in [1.54, 1.807) is 6.20 Å². The number of nitrogens with zero attached hydrogens (tertiary/aromatic N) is 4. The number of para-hydroxylation sites is 3. The minimum absolute atomic E-state index is 0. The zero-order chi connectivity index (χ0) is 24.6. The quantitative estimate of drug-likeness (QED) is 0.151. The molecule has 0 aliphatic carbocycles. The Kier molecular flexibility index (Phi) is 6.35. The second-order valence-corrected chi connectivity index (χ2v) is 8.67. The first-order valence-electron chi connectivity index (χ1n) is 12.0. The maximum absolute atomic E-state index is 6.24. The molecule has 4 aromatic carbocycles. The van der Waals surface area contributed by atoms with Crippen LogP contribution in [-0.2, 0) is 20.4 Å². The van der Waals surface area contributed by atoms with E-state index < -0.39 is 0 Å². The summed E-state index contributed by atoms with van der Waals surface area (Å²) in [5, 5.41) is 8.02. The van der Waals surface area contributed by atoms with Crippen LogP contribution in [0.25, 0.3) is 43.8 Å². The van der Waals surface area contributed by atoms with E-state index in [4.69, 9.17) is 15.0 Å². The van der Waals surface area contributed by atoms with Gasteiger partial charge in [-0.15, -0.1) is 28.9 Å². The molecule has 7 rings (SSSR count). The number of rotatable bonds is 5. The Hall–Kier alpha value is -4.50. The van der Waals surface area contributed by atoms with Crippen LogP contribution < -0.4 is 4.74 Å². The molecule has 0 spiro atoms. The molecule has 0 N–H and O–H groups in total. The van der Waals surface area contributed by atoms with Crippen molar-refractivity contribution in [1.29, 1.82) is 0 Å². The van der Waals surface area contributed by atoms with E-state index in [9.17, 15) is 0 Å². The van der Waals surface area contributed by atoms with Crippen LogP contribution in [0.3, 0.4) is 0 Å². The van der Waals surface area contributed by atoms with Crippen LogP contribution in [0.1, 0.15) is 0 Å². The van der Waals surface area contributed by atoms with Gasteiger partial charge in [0.05, 0.1) is 5.52 Å². The van der Waals surface area contributed by atoms with Crippen molar-refractivity contribution in [3.63, 3.8) is 0 Å². The number of pyridine rings is 2. The van der Waals surface area contributed by atoms with Crippen LogP contribution in [0.2, 0.25) is 0 Å². The van der Waals surface area contributed by atoms with Gasteiger partial charge in [-0.2, -0.15) is 6.07 Å². The Balaban J connectivity index is 0.00000264. The Morgan fingerprint density at radius 3 is 2.42 bits per heavy atom. The second kappa shape index (κ2) is 10.1. The maximum Gasteiger partial charge on any atom is 2.00 e. The summed E-state index contributed by atoms with van der Waals surface area (Å²) in [6, 6.07) is 41.4. The smallest absolute Gasteiger partial charge is 0.656 e. The molecule has 0 unspecified atom stereocenters. The third kappa shape index (κ3) is 4.31. The van der Waals surface area contributed by atoms with Crippen LogP contribution in [0.4, 0.5) is 11.4 Å². The van der Waals surface area contributed by atoms with Crippen molar-refractivity contribution in [2.24, 2.45) is 0 Å². The summed E-state index contributed by atoms with van der Waals surface area (Å²) in [7, 11) is 0. The van der Waals surface area contributed by atoms with Gasteiger partial charge in [0.1, 0.15) is 5.82 Å². The summed E-state index contributed by atoms with van der Waals surface area (Å²) in [5.74, 6) is 1.90. The van der Waals surface area contributed by atoms with Crippen molar-refractivity contribution >= 4 is 44.1 Å². The summed E-state index contributed by atoms with van der Waals surface area (Å²) < 4.78 is 8.36. The molecule has 0 saturated carbocycles. The average molecular weight is 583 g/mol. The zero-order valence-corrected chi connectivity index (χ0v) is 21.6. The van der Waals surface area contributed by atoms with E-state index >= 15 is 0 Å². The topological polar surface area (TPSA) is 54.0 Å². The fraction of sp³-hybridized carbons (Fsp3) is 0. The van der Waals surface area contributed by atoms with E-state index in [1.807, 2.05) is 97.1 Å². The molecule has 0 fully saturated rings. The monoisotopic (exact) mass is 582 g/mol. The number of hydrogen-bond donors (Lipinski definition) is 0. The summed E-state index contributed by atoms with van der Waals surface area (Å²) in [6.07, 6.45) is 1.80. The first-order chi connectivity index (χ1) is 18.3. The molecule has 7 aromatic rings. The van der Waals surface area contributed by atoms with Gasteiger partial charge in [0.25, 0.3) is 0 Å². The van der Waals surface area contributed by atoms with Gasteiger partial charge in [0, 0.05) is 23.5 Å². The molecule has 0 bridgehead atoms. The van der Waals surface area contributed by atoms with Gasteiger partial charge in [-0.25, -0.2) is 9.97 Å². The molecule has 0 aliphatic rings. The molecule has 6 heteroatoms. The average Bonchev–Trinajstić information content (AvgIpc) is 3.28. The van der Waals surface area contributed by atoms with Crippen molar-refractivity contribution in [2.45, 2.75) is 0 Å². The fourth-order valence-electron chi connectivity index (χ4n) is 4.67. The largest absolute Gasteiger partial charge is 2.00 e. The molecule has 184 valence electrons. The molecule has 3 heterocycles. The Morgan fingerprint density at radius 2 is 1.55 bits per heavy atom. The standard InChI is InChI=1S/C32H20N4O.Pd/c1-2-10-23(11-3-1)34-27-13-8-9-22-16-19-31(35-32(22)27)37-24-17-18-26-25-12-4-5-14-28(25)36(29(26)21-24)30-15-6-7-20-33-30;/h1-20H;/q-2;+2. The SMILES string of the molecule is [Pd+2].[c-]1c(Oc2ccc3cccc([N-]c4ccccc4)c3n2)ccc2c3ccccc3n(-c3ccccn3)c12. The minimum Gasteiger partial charge on any atom is -0.656 e. The van der Waals surface area contributed by atoms with Crippen molar-refractivity contribution < 1.29 is 25.2 Å². The van der Waals surface area contributed by atoms with Gasteiger partial charge in [0.15, 0.2) is 0 Å². The van der Waals surface area contributed by atoms with E-state index in [0.29, 0.717) is 11.6 Å². The fourth-order valence-corrected chi connectivity index (χ4v) is 4.67. The van der Waals surface area contributed by atoms with Gasteiger partial charge in [-0.3, -0.25) is 0 Å². The molecule has 0 radical (unpaired) electrons. The first-order valence-corrected chi connectivity index (χ1v) is 12.0. The molecule has 0 aliphatic heterocycles. The first kappa shape index (κ1) is 23.9. The molecule has 3 aromatic heterocycles. The van der Waals surface area contributed by atoms with Crippen molar-refractivity contribution in [2.75, 3.05) is 0 Å². The summed E-state index contributed by atoms with van der Waals surface area (Å²) in [6.45, 7) is 0. The number of fused-ring (bicyclic) bond motifs is 4. The van der Waals surface area contributed by atoms with Crippen LogP contribution in [0, 0.1) is 6.07 Å². The molecular weight excluding hydrogens is 563 g/mol. The van der Waals surface area contributed by atoms with Crippen LogP contribution >= 0.6 is 0 Å². The third-order valence-corrected chi connectivity index (χ3v) is 6.33. The van der Waals surface area contributed by atoms with Gasteiger partial charge in [0.2, 0.25) is 5.88 Å². The second-order valence-electron chi connectivity index (χ2n) is 8.67. The number of benzene rings is 4. The normalized spacial score (nSPS) is 10.9. The third-order valence-electron chi connectivity index (χ3n) is 6.33. The predicted octanol–water partition coefficient (Wildman–Crippen LogP) is 8.65. The van der Waals surface area contributed by atoms with Crippen LogP contribution in [-0.4, -0.2) is 14.5 Å². The van der Waals surface area contributed by atoms with Gasteiger partial charge in [-0.1, -0.05) is 78.3 Å². The summed E-state index contributed by atoms with van der Waals surface area (Å²) >= 11 is 0. The minimum atomic E-state index is 0. The predicted molar refractivity (Wildman–Crippen MR) is 148 cm³/mol. The van der Waals surface area contributed by atoms with Crippen LogP contribution in [0.15, 0.2) is 121 Å². The maximum atomic E-state index is 6.24. The van der Waals surface area contributed by atoms with E-state index in [0.717, 1.165) is 49.9 Å². The molecule has 38 heavy (non-hydrogen) atoms. The van der Waals surface area contributed by atoms with Crippen molar-refractivity contribution in [3.05, 3.63) is 133 Å². The number of ether oxygens (including phenoxy) is 1. The van der Waals surface area contributed by atoms with Crippen LogP contribution in [0.5, 0.6) is 11.6 Å². The van der Waals surface area contributed by atoms with Gasteiger partial charge >= 0.3 is 20.4 Å². The van der Waals surface area contributed by atoms with Crippen molar-refractivity contribution in [3.8, 4) is 17.4 Å². The molecule has 0 atom stereocenters.